The number of hydrogen-bond donors (Lipinski definition) is 2. The standard InChI is InChI=1S/C15H22N2O2/c1-11-5-3-7-14(12(11)2)16-15(19)9-17-8-4-6-13(17)10-18/h3,5,7,13,18H,4,6,8-10H2,1-2H3,(H,16,19)/t13-/m0/s1. The van der Waals surface area contributed by atoms with Gasteiger partial charge < -0.3 is 10.4 Å². The van der Waals surface area contributed by atoms with E-state index < -0.39 is 0 Å². The molecular formula is C15H22N2O2. The van der Waals surface area contributed by atoms with E-state index in [4.69, 9.17) is 0 Å². The molecule has 0 radical (unpaired) electrons. The van der Waals surface area contributed by atoms with Gasteiger partial charge in [0.05, 0.1) is 13.2 Å². The minimum Gasteiger partial charge on any atom is -0.395 e. The van der Waals surface area contributed by atoms with Crippen LogP contribution in [0.1, 0.15) is 24.0 Å². The van der Waals surface area contributed by atoms with Crippen molar-refractivity contribution in [1.29, 1.82) is 0 Å². The summed E-state index contributed by atoms with van der Waals surface area (Å²) in [5.41, 5.74) is 3.16. The van der Waals surface area contributed by atoms with Crippen LogP contribution in [0.2, 0.25) is 0 Å². The second kappa shape index (κ2) is 6.17. The number of nitrogens with zero attached hydrogens (tertiary/aromatic N) is 1. The van der Waals surface area contributed by atoms with Crippen molar-refractivity contribution in [2.45, 2.75) is 32.7 Å². The van der Waals surface area contributed by atoms with E-state index in [0.717, 1.165) is 30.6 Å². The van der Waals surface area contributed by atoms with Crippen LogP contribution in [0.25, 0.3) is 0 Å². The van der Waals surface area contributed by atoms with E-state index in [1.807, 2.05) is 32.0 Å². The number of carbonyl (C=O) groups is 1. The van der Waals surface area contributed by atoms with E-state index in [1.165, 1.54) is 5.56 Å². The zero-order valence-electron chi connectivity index (χ0n) is 11.6. The molecule has 0 aromatic heterocycles. The summed E-state index contributed by atoms with van der Waals surface area (Å²) in [7, 11) is 0. The molecule has 1 aromatic rings. The van der Waals surface area contributed by atoms with Crippen LogP contribution in [0.3, 0.4) is 0 Å². The Bertz CT molecular complexity index is 459. The van der Waals surface area contributed by atoms with Crippen LogP contribution in [-0.2, 0) is 4.79 Å². The molecule has 1 saturated heterocycles. The molecule has 1 atom stereocenters. The fourth-order valence-electron chi connectivity index (χ4n) is 2.57. The quantitative estimate of drug-likeness (QED) is 0.868. The van der Waals surface area contributed by atoms with Gasteiger partial charge in [0.25, 0.3) is 0 Å². The fourth-order valence-corrected chi connectivity index (χ4v) is 2.57. The van der Waals surface area contributed by atoms with Crippen molar-refractivity contribution >= 4 is 11.6 Å². The Labute approximate surface area is 114 Å². The molecule has 4 heteroatoms. The summed E-state index contributed by atoms with van der Waals surface area (Å²) in [6.07, 6.45) is 2.04. The monoisotopic (exact) mass is 262 g/mol. The lowest BCUT2D eigenvalue weighted by molar-refractivity contribution is -0.117. The van der Waals surface area contributed by atoms with Crippen LogP contribution in [-0.4, -0.2) is 41.7 Å². The zero-order valence-corrected chi connectivity index (χ0v) is 11.6. The van der Waals surface area contributed by atoms with Gasteiger partial charge in [0, 0.05) is 11.7 Å². The van der Waals surface area contributed by atoms with Crippen LogP contribution in [0.15, 0.2) is 18.2 Å². The zero-order chi connectivity index (χ0) is 13.8. The molecule has 2 rings (SSSR count). The number of aryl methyl sites for hydroxylation is 1. The molecule has 1 aliphatic rings. The second-order valence-corrected chi connectivity index (χ2v) is 5.24. The van der Waals surface area contributed by atoms with E-state index in [9.17, 15) is 9.90 Å². The van der Waals surface area contributed by atoms with E-state index in [0.29, 0.717) is 6.54 Å². The van der Waals surface area contributed by atoms with Gasteiger partial charge >= 0.3 is 0 Å². The summed E-state index contributed by atoms with van der Waals surface area (Å²) < 4.78 is 0. The van der Waals surface area contributed by atoms with Gasteiger partial charge in [-0.15, -0.1) is 0 Å². The minimum atomic E-state index is -0.00551. The van der Waals surface area contributed by atoms with Gasteiger partial charge in [-0.25, -0.2) is 0 Å². The van der Waals surface area contributed by atoms with Crippen LogP contribution in [0.5, 0.6) is 0 Å². The maximum atomic E-state index is 12.1. The molecule has 0 aliphatic carbocycles. The van der Waals surface area contributed by atoms with Crippen LogP contribution < -0.4 is 5.32 Å². The van der Waals surface area contributed by atoms with E-state index in [1.54, 1.807) is 0 Å². The molecule has 2 N–H and O–H groups in total. The van der Waals surface area contributed by atoms with Gasteiger partial charge in [0.2, 0.25) is 5.91 Å². The lowest BCUT2D eigenvalue weighted by Crippen LogP contribution is -2.38. The third kappa shape index (κ3) is 3.33. The van der Waals surface area contributed by atoms with Crippen molar-refractivity contribution in [1.82, 2.24) is 4.90 Å². The summed E-state index contributed by atoms with van der Waals surface area (Å²) in [4.78, 5) is 14.1. The minimum absolute atomic E-state index is 0.00551. The molecule has 19 heavy (non-hydrogen) atoms. The number of aliphatic hydroxyl groups is 1. The lowest BCUT2D eigenvalue weighted by Gasteiger charge is -2.22. The number of amides is 1. The van der Waals surface area contributed by atoms with E-state index in [-0.39, 0.29) is 18.6 Å². The van der Waals surface area contributed by atoms with Crippen molar-refractivity contribution in [3.8, 4) is 0 Å². The van der Waals surface area contributed by atoms with Gasteiger partial charge in [-0.2, -0.15) is 0 Å². The average Bonchev–Trinajstić information content (AvgIpc) is 2.82. The third-order valence-electron chi connectivity index (χ3n) is 3.94. The molecule has 0 spiro atoms. The number of aliphatic hydroxyl groups excluding tert-OH is 1. The molecular weight excluding hydrogens is 240 g/mol. The first kappa shape index (κ1) is 14.0. The Morgan fingerprint density at radius 3 is 3.00 bits per heavy atom. The molecule has 1 aliphatic heterocycles. The summed E-state index contributed by atoms with van der Waals surface area (Å²) in [5, 5.41) is 12.2. The van der Waals surface area contributed by atoms with E-state index >= 15 is 0 Å². The Morgan fingerprint density at radius 2 is 2.26 bits per heavy atom. The topological polar surface area (TPSA) is 52.6 Å². The van der Waals surface area contributed by atoms with Gasteiger partial charge in [-0.05, 0) is 50.4 Å². The Kier molecular flexibility index (Phi) is 4.56. The van der Waals surface area contributed by atoms with Crippen LogP contribution in [0.4, 0.5) is 5.69 Å². The normalized spacial score (nSPS) is 19.6. The SMILES string of the molecule is Cc1cccc(NC(=O)CN2CCC[C@H]2CO)c1C. The van der Waals surface area contributed by atoms with Crippen LogP contribution >= 0.6 is 0 Å². The number of benzene rings is 1. The van der Waals surface area contributed by atoms with Crippen molar-refractivity contribution < 1.29 is 9.90 Å². The smallest absolute Gasteiger partial charge is 0.238 e. The predicted octanol–water partition coefficient (Wildman–Crippen LogP) is 1.70. The van der Waals surface area contributed by atoms with Crippen molar-refractivity contribution in [2.75, 3.05) is 25.0 Å². The maximum Gasteiger partial charge on any atom is 0.238 e. The fraction of sp³-hybridized carbons (Fsp3) is 0.533. The van der Waals surface area contributed by atoms with Gasteiger partial charge in [0.15, 0.2) is 0 Å². The van der Waals surface area contributed by atoms with Crippen molar-refractivity contribution in [3.05, 3.63) is 29.3 Å². The highest BCUT2D eigenvalue weighted by molar-refractivity contribution is 5.93. The number of anilines is 1. The Hall–Kier alpha value is -1.39. The summed E-state index contributed by atoms with van der Waals surface area (Å²) in [5.74, 6) is -0.00551. The van der Waals surface area contributed by atoms with Gasteiger partial charge in [0.1, 0.15) is 0 Å². The number of rotatable bonds is 4. The molecule has 0 saturated carbocycles. The lowest BCUT2D eigenvalue weighted by atomic mass is 10.1. The molecule has 104 valence electrons. The molecule has 1 heterocycles. The van der Waals surface area contributed by atoms with Crippen molar-refractivity contribution in [3.63, 3.8) is 0 Å². The number of hydrogen-bond acceptors (Lipinski definition) is 3. The summed E-state index contributed by atoms with van der Waals surface area (Å²) >= 11 is 0. The number of carbonyl (C=O) groups excluding carboxylic acids is 1. The second-order valence-electron chi connectivity index (χ2n) is 5.24. The first-order valence-electron chi connectivity index (χ1n) is 6.83. The first-order valence-corrected chi connectivity index (χ1v) is 6.83. The third-order valence-corrected chi connectivity index (χ3v) is 3.94. The Morgan fingerprint density at radius 1 is 1.47 bits per heavy atom. The summed E-state index contributed by atoms with van der Waals surface area (Å²) in [6.45, 7) is 5.44. The predicted molar refractivity (Wildman–Crippen MR) is 76.2 cm³/mol. The molecule has 4 nitrogen and oxygen atoms in total. The highest BCUT2D eigenvalue weighted by atomic mass is 16.3. The first-order chi connectivity index (χ1) is 9.11. The maximum absolute atomic E-state index is 12.1. The molecule has 1 fully saturated rings. The van der Waals surface area contributed by atoms with Gasteiger partial charge in [-0.3, -0.25) is 9.69 Å². The molecule has 0 bridgehead atoms. The molecule has 1 aromatic carbocycles. The highest BCUT2D eigenvalue weighted by Crippen LogP contribution is 2.19. The Balaban J connectivity index is 1.96. The summed E-state index contributed by atoms with van der Waals surface area (Å²) in [6, 6.07) is 6.05. The van der Waals surface area contributed by atoms with Crippen LogP contribution in [0, 0.1) is 13.8 Å². The number of nitrogens with one attached hydrogen (secondary N) is 1. The van der Waals surface area contributed by atoms with E-state index in [2.05, 4.69) is 10.2 Å². The number of likely N-dealkylation sites (tertiary alicyclic amines) is 1. The van der Waals surface area contributed by atoms with Gasteiger partial charge in [-0.1, -0.05) is 12.1 Å². The largest absolute Gasteiger partial charge is 0.395 e. The highest BCUT2D eigenvalue weighted by Gasteiger charge is 2.25. The molecule has 1 amide bonds. The van der Waals surface area contributed by atoms with Crippen molar-refractivity contribution in [2.24, 2.45) is 0 Å². The average molecular weight is 262 g/mol. The molecule has 0 unspecified atom stereocenters.